The lowest BCUT2D eigenvalue weighted by molar-refractivity contribution is 0.737. The van der Waals surface area contributed by atoms with Crippen molar-refractivity contribution in [3.8, 4) is 0 Å². The molecule has 1 aromatic carbocycles. The highest BCUT2D eigenvalue weighted by molar-refractivity contribution is 5.96. The van der Waals surface area contributed by atoms with Crippen LogP contribution in [0.3, 0.4) is 0 Å². The fourth-order valence-corrected chi connectivity index (χ4v) is 1.83. The minimum Gasteiger partial charge on any atom is -0.378 e. The summed E-state index contributed by atoms with van der Waals surface area (Å²) in [6.07, 6.45) is 3.55. The molecular weight excluding hydrogens is 198 g/mol. The minimum atomic E-state index is 0.968. The van der Waals surface area contributed by atoms with Crippen molar-refractivity contribution >= 4 is 17.2 Å². The molecule has 0 aromatic heterocycles. The molecule has 0 fully saturated rings. The summed E-state index contributed by atoms with van der Waals surface area (Å²) in [4.78, 5) is 6.60. The first kappa shape index (κ1) is 11.0. The van der Waals surface area contributed by atoms with E-state index in [0.717, 1.165) is 24.5 Å². The van der Waals surface area contributed by atoms with Gasteiger partial charge in [-0.15, -0.1) is 0 Å². The van der Waals surface area contributed by atoms with Crippen molar-refractivity contribution in [3.63, 3.8) is 0 Å². The second kappa shape index (κ2) is 5.01. The Hall–Kier alpha value is -1.51. The van der Waals surface area contributed by atoms with Gasteiger partial charge in [-0.3, -0.25) is 4.99 Å². The average molecular weight is 217 g/mol. The summed E-state index contributed by atoms with van der Waals surface area (Å²) in [7, 11) is 4.11. The Morgan fingerprint density at radius 2 is 2.12 bits per heavy atom. The van der Waals surface area contributed by atoms with Gasteiger partial charge in [0.1, 0.15) is 5.84 Å². The summed E-state index contributed by atoms with van der Waals surface area (Å²) >= 11 is 0. The molecule has 0 saturated heterocycles. The van der Waals surface area contributed by atoms with Crippen LogP contribution in [0.15, 0.2) is 29.3 Å². The summed E-state index contributed by atoms with van der Waals surface area (Å²) in [5.41, 5.74) is 2.34. The van der Waals surface area contributed by atoms with Crippen molar-refractivity contribution in [3.05, 3.63) is 24.3 Å². The van der Waals surface area contributed by atoms with Crippen molar-refractivity contribution in [2.45, 2.75) is 19.3 Å². The van der Waals surface area contributed by atoms with E-state index in [2.05, 4.69) is 53.6 Å². The first-order chi connectivity index (χ1) is 7.75. The van der Waals surface area contributed by atoms with Crippen LogP contribution in [-0.4, -0.2) is 26.5 Å². The maximum absolute atomic E-state index is 4.49. The number of hydrogen-bond acceptors (Lipinski definition) is 3. The smallest absolute Gasteiger partial charge is 0.101 e. The minimum absolute atomic E-state index is 0.968. The number of anilines is 2. The van der Waals surface area contributed by atoms with Crippen molar-refractivity contribution in [1.82, 2.24) is 0 Å². The number of nitrogens with one attached hydrogen (secondary N) is 1. The van der Waals surface area contributed by atoms with Gasteiger partial charge in [-0.1, -0.05) is 6.07 Å². The molecule has 0 bridgehead atoms. The van der Waals surface area contributed by atoms with Gasteiger partial charge in [0.05, 0.1) is 0 Å². The lowest BCUT2D eigenvalue weighted by atomic mass is 10.1. The first-order valence-corrected chi connectivity index (χ1v) is 5.83. The van der Waals surface area contributed by atoms with E-state index in [0.29, 0.717) is 0 Å². The predicted molar refractivity (Wildman–Crippen MR) is 70.5 cm³/mol. The maximum atomic E-state index is 4.49. The van der Waals surface area contributed by atoms with Crippen LogP contribution >= 0.6 is 0 Å². The van der Waals surface area contributed by atoms with Crippen LogP contribution in [0.5, 0.6) is 0 Å². The lowest BCUT2D eigenvalue weighted by Crippen LogP contribution is -2.16. The van der Waals surface area contributed by atoms with Crippen molar-refractivity contribution in [1.29, 1.82) is 0 Å². The zero-order valence-corrected chi connectivity index (χ0v) is 10.0. The molecular formula is C13H19N3. The highest BCUT2D eigenvalue weighted by Crippen LogP contribution is 2.18. The monoisotopic (exact) mass is 217 g/mol. The third-order valence-corrected chi connectivity index (χ3v) is 2.78. The Morgan fingerprint density at radius 3 is 2.81 bits per heavy atom. The maximum Gasteiger partial charge on any atom is 0.101 e. The molecule has 2 rings (SSSR count). The van der Waals surface area contributed by atoms with Crippen molar-refractivity contribution in [2.24, 2.45) is 4.99 Å². The van der Waals surface area contributed by atoms with Crippen LogP contribution < -0.4 is 10.2 Å². The Balaban J connectivity index is 2.09. The van der Waals surface area contributed by atoms with Crippen LogP contribution in [-0.2, 0) is 0 Å². The fourth-order valence-electron chi connectivity index (χ4n) is 1.83. The van der Waals surface area contributed by atoms with Crippen LogP contribution in [0.4, 0.5) is 11.4 Å². The van der Waals surface area contributed by atoms with Crippen LogP contribution in [0.2, 0.25) is 0 Å². The highest BCUT2D eigenvalue weighted by atomic mass is 15.1. The van der Waals surface area contributed by atoms with Gasteiger partial charge in [0.15, 0.2) is 0 Å². The summed E-state index contributed by atoms with van der Waals surface area (Å²) in [6, 6.07) is 8.41. The van der Waals surface area contributed by atoms with E-state index in [1.54, 1.807) is 0 Å². The number of rotatable bonds is 2. The van der Waals surface area contributed by atoms with E-state index >= 15 is 0 Å². The SMILES string of the molecule is CN(C)c1cccc(NC2=NCCCC2)c1. The lowest BCUT2D eigenvalue weighted by Gasteiger charge is -2.17. The largest absolute Gasteiger partial charge is 0.378 e. The van der Waals surface area contributed by atoms with Gasteiger partial charge in [0.2, 0.25) is 0 Å². The topological polar surface area (TPSA) is 27.6 Å². The molecule has 0 amide bonds. The van der Waals surface area contributed by atoms with E-state index in [1.165, 1.54) is 18.5 Å². The molecule has 1 aliphatic rings. The third-order valence-electron chi connectivity index (χ3n) is 2.78. The molecule has 0 spiro atoms. The molecule has 1 aliphatic heterocycles. The quantitative estimate of drug-likeness (QED) is 0.825. The van der Waals surface area contributed by atoms with E-state index in [1.807, 2.05) is 0 Å². The molecule has 16 heavy (non-hydrogen) atoms. The standard InChI is InChI=1S/C13H19N3/c1-16(2)12-7-5-6-11(10-12)15-13-8-3-4-9-14-13/h5-7,10H,3-4,8-9H2,1-2H3,(H,14,15). The van der Waals surface area contributed by atoms with E-state index in [4.69, 9.17) is 0 Å². The van der Waals surface area contributed by atoms with Gasteiger partial charge in [-0.2, -0.15) is 0 Å². The number of benzene rings is 1. The number of aliphatic imine (C=N–C) groups is 1. The zero-order valence-electron chi connectivity index (χ0n) is 10.0. The molecule has 0 atom stereocenters. The fraction of sp³-hybridized carbons (Fsp3) is 0.462. The van der Waals surface area contributed by atoms with Crippen molar-refractivity contribution in [2.75, 3.05) is 30.9 Å². The average Bonchev–Trinajstić information content (AvgIpc) is 2.30. The third kappa shape index (κ3) is 2.75. The second-order valence-corrected chi connectivity index (χ2v) is 4.36. The number of nitrogens with zero attached hydrogens (tertiary/aromatic N) is 2. The molecule has 0 aliphatic carbocycles. The molecule has 3 heteroatoms. The molecule has 1 aromatic rings. The number of hydrogen-bond donors (Lipinski definition) is 1. The second-order valence-electron chi connectivity index (χ2n) is 4.36. The van der Waals surface area contributed by atoms with Gasteiger partial charge in [-0.05, 0) is 31.0 Å². The van der Waals surface area contributed by atoms with E-state index in [9.17, 15) is 0 Å². The summed E-state index contributed by atoms with van der Waals surface area (Å²) < 4.78 is 0. The normalized spacial score (nSPS) is 15.5. The zero-order chi connectivity index (χ0) is 11.4. The van der Waals surface area contributed by atoms with E-state index < -0.39 is 0 Å². The van der Waals surface area contributed by atoms with Gasteiger partial charge in [0, 0.05) is 38.4 Å². The summed E-state index contributed by atoms with van der Waals surface area (Å²) in [5.74, 6) is 1.13. The van der Waals surface area contributed by atoms with Crippen LogP contribution in [0.1, 0.15) is 19.3 Å². The Morgan fingerprint density at radius 1 is 1.25 bits per heavy atom. The molecule has 0 saturated carbocycles. The Labute approximate surface area is 97.2 Å². The van der Waals surface area contributed by atoms with Crippen LogP contribution in [0.25, 0.3) is 0 Å². The number of amidine groups is 1. The molecule has 86 valence electrons. The Kier molecular flexibility index (Phi) is 3.44. The van der Waals surface area contributed by atoms with Gasteiger partial charge in [0.25, 0.3) is 0 Å². The van der Waals surface area contributed by atoms with Gasteiger partial charge < -0.3 is 10.2 Å². The van der Waals surface area contributed by atoms with Crippen LogP contribution in [0, 0.1) is 0 Å². The predicted octanol–water partition coefficient (Wildman–Crippen LogP) is 2.75. The highest BCUT2D eigenvalue weighted by Gasteiger charge is 2.05. The molecule has 3 nitrogen and oxygen atoms in total. The summed E-state index contributed by atoms with van der Waals surface area (Å²) in [6.45, 7) is 0.968. The summed E-state index contributed by atoms with van der Waals surface area (Å²) in [5, 5.41) is 3.40. The Bertz CT molecular complexity index is 383. The molecule has 1 heterocycles. The molecule has 0 radical (unpaired) electrons. The molecule has 1 N–H and O–H groups in total. The van der Waals surface area contributed by atoms with Gasteiger partial charge >= 0.3 is 0 Å². The van der Waals surface area contributed by atoms with Crippen molar-refractivity contribution < 1.29 is 0 Å². The molecule has 0 unspecified atom stereocenters. The van der Waals surface area contributed by atoms with E-state index in [-0.39, 0.29) is 0 Å². The van der Waals surface area contributed by atoms with Gasteiger partial charge in [-0.25, -0.2) is 0 Å². The first-order valence-electron chi connectivity index (χ1n) is 5.83.